The molecule has 0 fully saturated rings. The van der Waals surface area contributed by atoms with E-state index in [0.717, 1.165) is 6.42 Å². The van der Waals surface area contributed by atoms with E-state index in [0.29, 0.717) is 0 Å². The maximum atomic E-state index is 2.42. The maximum absolute atomic E-state index is 2.42. The first-order chi connectivity index (χ1) is 8.54. The molecule has 0 saturated heterocycles. The molecule has 0 N–H and O–H groups in total. The number of halogens is 3. The van der Waals surface area contributed by atoms with Crippen molar-refractivity contribution in [3.05, 3.63) is 57.5 Å². The molecule has 0 aliphatic heterocycles. The smallest absolute Gasteiger partial charge is 0.147 e. The minimum atomic E-state index is 0. The Morgan fingerprint density at radius 3 is 2.10 bits per heavy atom. The van der Waals surface area contributed by atoms with Crippen molar-refractivity contribution in [2.45, 2.75) is 18.8 Å². The van der Waals surface area contributed by atoms with E-state index in [4.69, 9.17) is 0 Å². The van der Waals surface area contributed by atoms with Crippen LogP contribution in [0.15, 0.2) is 51.9 Å². The third-order valence-corrected chi connectivity index (χ3v) is 5.57. The normalized spacial score (nSPS) is 15.8. The summed E-state index contributed by atoms with van der Waals surface area (Å²) >= 11 is 2.28. The van der Waals surface area contributed by atoms with E-state index in [9.17, 15) is 0 Å². The minimum Gasteiger partial charge on any atom is -0.147 e. The Labute approximate surface area is 160 Å². The van der Waals surface area contributed by atoms with Crippen molar-refractivity contribution in [3.63, 3.8) is 0 Å². The van der Waals surface area contributed by atoms with Gasteiger partial charge in [-0.3, -0.25) is 0 Å². The number of hydrogen-bond donors (Lipinski definition) is 0. The van der Waals surface area contributed by atoms with Gasteiger partial charge in [-0.15, -0.1) is 37.2 Å². The van der Waals surface area contributed by atoms with Crippen molar-refractivity contribution in [2.24, 2.45) is 0 Å². The molecule has 1 aromatic rings. The molecule has 0 aromatic heterocycles. The van der Waals surface area contributed by atoms with E-state index < -0.39 is 0 Å². The van der Waals surface area contributed by atoms with Gasteiger partial charge in [-0.1, -0.05) is 0 Å². The van der Waals surface area contributed by atoms with Crippen LogP contribution in [-0.2, 0) is 25.9 Å². The molecule has 21 heavy (non-hydrogen) atoms. The number of rotatable bonds is 4. The van der Waals surface area contributed by atoms with Crippen LogP contribution >= 0.6 is 45.1 Å². The van der Waals surface area contributed by atoms with Crippen LogP contribution in [0.1, 0.15) is 18.9 Å². The largest absolute Gasteiger partial charge is 0.147 e. The standard InChI is InChI=1S/C16H20P.3ClH.Ti/c1-16(13-17(2)3,15-11-7-8-12-15)14-9-5-4-6-10-14;;;;/h4-7,9-11H,8,13H2,1-3H3;3*1H;. The van der Waals surface area contributed by atoms with Crippen molar-refractivity contribution in [3.8, 4) is 0 Å². The Morgan fingerprint density at radius 2 is 1.67 bits per heavy atom. The molecule has 2 rings (SSSR count). The van der Waals surface area contributed by atoms with Crippen molar-refractivity contribution in [1.82, 2.24) is 0 Å². The molecule has 0 heterocycles. The Bertz CT molecular complexity index is 486. The summed E-state index contributed by atoms with van der Waals surface area (Å²) in [6.45, 7) is 7.18. The average Bonchev–Trinajstić information content (AvgIpc) is 2.76. The summed E-state index contributed by atoms with van der Waals surface area (Å²) in [4.78, 5) is 0. The predicted molar refractivity (Wildman–Crippen MR) is 100.0 cm³/mol. The van der Waals surface area contributed by atoms with Crippen LogP contribution in [0.25, 0.3) is 0 Å². The summed E-state index contributed by atoms with van der Waals surface area (Å²) in [6, 6.07) is 11.0. The van der Waals surface area contributed by atoms with Crippen molar-refractivity contribution < 1.29 is 20.4 Å². The molecular weight excluding hydrogens is 377 g/mol. The van der Waals surface area contributed by atoms with Gasteiger partial charge in [-0.2, -0.15) is 0 Å². The molecule has 0 bridgehead atoms. The second-order valence-corrected chi connectivity index (χ2v) is 8.85. The van der Waals surface area contributed by atoms with E-state index in [-0.39, 0.29) is 50.6 Å². The summed E-state index contributed by atoms with van der Waals surface area (Å²) < 4.78 is 1.54. The van der Waals surface area contributed by atoms with Gasteiger partial charge < -0.3 is 0 Å². The van der Waals surface area contributed by atoms with Gasteiger partial charge in [-0.05, 0) is 0 Å². The number of hydrogen-bond acceptors (Lipinski definition) is 0. The fraction of sp³-hybridized carbons (Fsp3) is 0.375. The third-order valence-electron chi connectivity index (χ3n) is 3.57. The molecule has 1 aliphatic rings. The summed E-state index contributed by atoms with van der Waals surface area (Å²) in [5.74, 6) is 0. The van der Waals surface area contributed by atoms with Crippen LogP contribution < -0.4 is 0 Å². The van der Waals surface area contributed by atoms with E-state index in [2.05, 4.69) is 83.2 Å². The minimum absolute atomic E-state index is 0. The summed E-state index contributed by atoms with van der Waals surface area (Å²) in [5.41, 5.74) is 3.19. The Balaban J connectivity index is 0. The van der Waals surface area contributed by atoms with Crippen molar-refractivity contribution in [2.75, 3.05) is 19.5 Å². The molecular formula is C16H23Cl3PTi. The van der Waals surface area contributed by atoms with Gasteiger partial charge in [0.15, 0.2) is 0 Å². The van der Waals surface area contributed by atoms with Crippen LogP contribution in [0, 0.1) is 0 Å². The zero-order chi connectivity index (χ0) is 13.2. The molecule has 1 aliphatic carbocycles. The van der Waals surface area contributed by atoms with Gasteiger partial charge in [0, 0.05) is 0 Å². The Hall–Kier alpha value is 0.714. The van der Waals surface area contributed by atoms with E-state index in [1.54, 1.807) is 9.45 Å². The molecule has 0 amide bonds. The fourth-order valence-corrected chi connectivity index (χ4v) is 5.16. The van der Waals surface area contributed by atoms with Crippen LogP contribution in [-0.4, -0.2) is 19.5 Å². The van der Waals surface area contributed by atoms with Gasteiger partial charge in [0.1, 0.15) is 0 Å². The Morgan fingerprint density at radius 1 is 1.10 bits per heavy atom. The van der Waals surface area contributed by atoms with Gasteiger partial charge >= 0.3 is 124 Å². The van der Waals surface area contributed by atoms with Crippen LogP contribution in [0.2, 0.25) is 0 Å². The Kier molecular flexibility index (Phi) is 12.0. The van der Waals surface area contributed by atoms with Crippen LogP contribution in [0.4, 0.5) is 0 Å². The predicted octanol–water partition coefficient (Wildman–Crippen LogP) is 5.71. The second-order valence-electron chi connectivity index (χ2n) is 5.43. The number of benzene rings is 1. The quantitative estimate of drug-likeness (QED) is 0.448. The van der Waals surface area contributed by atoms with Crippen molar-refractivity contribution in [1.29, 1.82) is 0 Å². The first-order valence-corrected chi connectivity index (χ1v) is 9.56. The molecule has 1 atom stereocenters. The fourth-order valence-electron chi connectivity index (χ4n) is 2.79. The van der Waals surface area contributed by atoms with Gasteiger partial charge in [0.25, 0.3) is 0 Å². The van der Waals surface area contributed by atoms with Crippen LogP contribution in [0.3, 0.4) is 0 Å². The SMILES string of the molecule is CP(C)CC(C)(C1=[C]([Ti])CC=C1)c1ccccc1.Cl.Cl.Cl. The monoisotopic (exact) mass is 399 g/mol. The summed E-state index contributed by atoms with van der Waals surface area (Å²) in [6.07, 6.45) is 7.05. The molecule has 0 saturated carbocycles. The number of allylic oxidation sites excluding steroid dienone is 4. The average molecular weight is 401 g/mol. The first kappa shape index (κ1) is 24.0. The van der Waals surface area contributed by atoms with E-state index >= 15 is 0 Å². The van der Waals surface area contributed by atoms with E-state index in [1.165, 1.54) is 11.7 Å². The molecule has 1 unspecified atom stereocenters. The first-order valence-electron chi connectivity index (χ1n) is 6.36. The van der Waals surface area contributed by atoms with Crippen molar-refractivity contribution >= 4 is 45.1 Å². The molecule has 5 heteroatoms. The van der Waals surface area contributed by atoms with Gasteiger partial charge in [-0.25, -0.2) is 0 Å². The van der Waals surface area contributed by atoms with E-state index in [1.807, 2.05) is 0 Å². The summed E-state index contributed by atoms with van der Waals surface area (Å²) in [5, 5.41) is 0. The topological polar surface area (TPSA) is 0 Å². The zero-order valence-corrected chi connectivity index (χ0v) is 17.5. The van der Waals surface area contributed by atoms with Crippen LogP contribution in [0.5, 0.6) is 0 Å². The molecule has 0 nitrogen and oxygen atoms in total. The summed E-state index contributed by atoms with van der Waals surface area (Å²) in [7, 11) is 0.0847. The second kappa shape index (κ2) is 10.5. The zero-order valence-electron chi connectivity index (χ0n) is 12.6. The molecule has 1 aromatic carbocycles. The van der Waals surface area contributed by atoms with Gasteiger partial charge in [0.05, 0.1) is 0 Å². The maximum Gasteiger partial charge on any atom is -0.147 e. The third kappa shape index (κ3) is 5.69. The molecule has 117 valence electrons. The molecule has 0 spiro atoms. The molecule has 0 radical (unpaired) electrons. The van der Waals surface area contributed by atoms with Gasteiger partial charge in [0.2, 0.25) is 0 Å².